The van der Waals surface area contributed by atoms with E-state index in [4.69, 9.17) is 21.1 Å². The number of aromatic nitrogens is 3. The number of nitrogens with zero attached hydrogens (tertiary/aromatic N) is 5. The number of hydrogen-bond acceptors (Lipinski definition) is 6. The molecule has 7 nitrogen and oxygen atoms in total. The third kappa shape index (κ3) is 3.75. The van der Waals surface area contributed by atoms with Crippen molar-refractivity contribution in [1.29, 1.82) is 0 Å². The highest BCUT2D eigenvalue weighted by atomic mass is 35.5. The third-order valence-electron chi connectivity index (χ3n) is 8.88. The molecule has 0 amide bonds. The Morgan fingerprint density at radius 1 is 1.00 bits per heavy atom. The van der Waals surface area contributed by atoms with Gasteiger partial charge in [-0.25, -0.2) is 8.78 Å². The van der Waals surface area contributed by atoms with Crippen molar-refractivity contribution in [2.24, 2.45) is 5.41 Å². The zero-order chi connectivity index (χ0) is 28.0. The maximum absolute atomic E-state index is 14.5. The van der Waals surface area contributed by atoms with Crippen LogP contribution < -0.4 is 9.64 Å². The molecule has 2 saturated heterocycles. The normalized spacial score (nSPS) is 21.6. The molecule has 1 saturated carbocycles. The summed E-state index contributed by atoms with van der Waals surface area (Å²) in [5.74, 6) is -0.229. The summed E-state index contributed by atoms with van der Waals surface area (Å²) in [6, 6.07) is 7.43. The van der Waals surface area contributed by atoms with E-state index >= 15 is 0 Å². The molecule has 0 bridgehead atoms. The maximum atomic E-state index is 14.5. The van der Waals surface area contributed by atoms with Crippen LogP contribution in [0, 0.1) is 17.0 Å². The molecule has 212 valence electrons. The lowest BCUT2D eigenvalue weighted by Gasteiger charge is -2.59. The van der Waals surface area contributed by atoms with Crippen LogP contribution in [0.15, 0.2) is 30.3 Å². The Morgan fingerprint density at radius 2 is 1.75 bits per heavy atom. The van der Waals surface area contributed by atoms with Crippen molar-refractivity contribution in [3.8, 4) is 11.4 Å². The predicted molar refractivity (Wildman–Crippen MR) is 135 cm³/mol. The molecule has 7 rings (SSSR count). The van der Waals surface area contributed by atoms with Crippen LogP contribution in [-0.4, -0.2) is 64.8 Å². The lowest BCUT2D eigenvalue weighted by Crippen LogP contribution is -2.69. The summed E-state index contributed by atoms with van der Waals surface area (Å²) < 4.78 is 83.0. The average Bonchev–Trinajstić information content (AvgIpc) is 3.12. The number of alkyl halides is 3. The fourth-order valence-electron chi connectivity index (χ4n) is 6.69. The molecule has 0 N–H and O–H groups in total. The number of hydrogen-bond donors (Lipinski definition) is 0. The van der Waals surface area contributed by atoms with Crippen molar-refractivity contribution in [3.63, 3.8) is 0 Å². The predicted octanol–water partition coefficient (Wildman–Crippen LogP) is 5.24. The second-order valence-electron chi connectivity index (χ2n) is 11.4. The Labute approximate surface area is 231 Å². The van der Waals surface area contributed by atoms with Gasteiger partial charge in [-0.15, -0.1) is 10.2 Å². The van der Waals surface area contributed by atoms with Crippen molar-refractivity contribution < 1.29 is 31.4 Å². The first-order valence-corrected chi connectivity index (χ1v) is 13.3. The van der Waals surface area contributed by atoms with E-state index in [-0.39, 0.29) is 30.2 Å². The zero-order valence-corrected chi connectivity index (χ0v) is 22.2. The molecular formula is C27H25ClF5N5O2. The van der Waals surface area contributed by atoms with Crippen LogP contribution >= 0.6 is 11.6 Å². The van der Waals surface area contributed by atoms with Gasteiger partial charge in [0.15, 0.2) is 22.9 Å². The van der Waals surface area contributed by atoms with E-state index in [0.29, 0.717) is 41.0 Å². The van der Waals surface area contributed by atoms with Crippen LogP contribution in [-0.2, 0) is 17.8 Å². The fourth-order valence-corrected chi connectivity index (χ4v) is 6.89. The summed E-state index contributed by atoms with van der Waals surface area (Å²) in [6.07, 6.45) is -2.93. The van der Waals surface area contributed by atoms with Gasteiger partial charge in [0, 0.05) is 48.1 Å². The monoisotopic (exact) mass is 581 g/mol. The number of anilines is 1. The van der Waals surface area contributed by atoms with Crippen molar-refractivity contribution in [2.45, 2.75) is 43.6 Å². The SMILES string of the molecule is COc1cc(N2CC3(CC(c4nnc5n4-c4ccc(Cl)cc4CN(C4(C(F)(F)F)COC4)C5)C3)C2)c(F)cc1F. The Morgan fingerprint density at radius 3 is 2.40 bits per heavy atom. The van der Waals surface area contributed by atoms with Crippen LogP contribution in [0.3, 0.4) is 0 Å². The lowest BCUT2D eigenvalue weighted by molar-refractivity contribution is -0.310. The van der Waals surface area contributed by atoms with Gasteiger partial charge >= 0.3 is 6.18 Å². The minimum absolute atomic E-state index is 0.0106. The highest BCUT2D eigenvalue weighted by molar-refractivity contribution is 6.30. The Kier molecular flexibility index (Phi) is 5.69. The molecule has 0 atom stereocenters. The number of benzene rings is 2. The molecule has 40 heavy (non-hydrogen) atoms. The molecular weight excluding hydrogens is 557 g/mol. The minimum atomic E-state index is -4.48. The molecule has 1 spiro atoms. The zero-order valence-electron chi connectivity index (χ0n) is 21.4. The largest absolute Gasteiger partial charge is 0.494 e. The topological polar surface area (TPSA) is 55.7 Å². The minimum Gasteiger partial charge on any atom is -0.494 e. The summed E-state index contributed by atoms with van der Waals surface area (Å²) in [6.45, 7) is 0.330. The second kappa shape index (κ2) is 8.77. The lowest BCUT2D eigenvalue weighted by atomic mass is 9.57. The Balaban J connectivity index is 1.15. The molecule has 3 fully saturated rings. The summed E-state index contributed by atoms with van der Waals surface area (Å²) in [7, 11) is 1.34. The smallest absolute Gasteiger partial charge is 0.411 e. The summed E-state index contributed by atoms with van der Waals surface area (Å²) in [4.78, 5) is 3.24. The molecule has 2 aromatic carbocycles. The van der Waals surface area contributed by atoms with Gasteiger partial charge in [0.1, 0.15) is 11.6 Å². The van der Waals surface area contributed by atoms with Crippen LogP contribution in [0.5, 0.6) is 5.75 Å². The van der Waals surface area contributed by atoms with E-state index < -0.39 is 36.6 Å². The second-order valence-corrected chi connectivity index (χ2v) is 11.8. The van der Waals surface area contributed by atoms with Crippen molar-refractivity contribution in [1.82, 2.24) is 19.7 Å². The van der Waals surface area contributed by atoms with Crippen LogP contribution in [0.1, 0.15) is 36.0 Å². The highest BCUT2D eigenvalue weighted by Gasteiger charge is 2.64. The van der Waals surface area contributed by atoms with E-state index in [9.17, 15) is 22.0 Å². The van der Waals surface area contributed by atoms with Crippen molar-refractivity contribution in [2.75, 3.05) is 38.3 Å². The van der Waals surface area contributed by atoms with E-state index in [0.717, 1.165) is 24.6 Å². The summed E-state index contributed by atoms with van der Waals surface area (Å²) in [5.41, 5.74) is -0.465. The van der Waals surface area contributed by atoms with E-state index in [2.05, 4.69) is 10.2 Å². The van der Waals surface area contributed by atoms with Gasteiger partial charge in [0.2, 0.25) is 0 Å². The number of rotatable bonds is 4. The molecule has 4 heterocycles. The molecule has 0 unspecified atom stereocenters. The molecule has 1 aromatic heterocycles. The van der Waals surface area contributed by atoms with Gasteiger partial charge in [-0.1, -0.05) is 11.6 Å². The molecule has 0 radical (unpaired) electrons. The Hall–Kier alpha value is -2.96. The van der Waals surface area contributed by atoms with Crippen LogP contribution in [0.25, 0.3) is 5.69 Å². The number of fused-ring (bicyclic) bond motifs is 3. The number of halogens is 6. The number of ether oxygens (including phenoxy) is 2. The van der Waals surface area contributed by atoms with Gasteiger partial charge in [0.05, 0.1) is 38.2 Å². The summed E-state index contributed by atoms with van der Waals surface area (Å²) >= 11 is 6.27. The quantitative estimate of drug-likeness (QED) is 0.393. The van der Waals surface area contributed by atoms with E-state index in [1.807, 2.05) is 9.47 Å². The van der Waals surface area contributed by atoms with Gasteiger partial charge in [-0.3, -0.25) is 9.47 Å². The standard InChI is InChI=1S/C27H25ClF5N5O2/c1-39-22-6-21(18(29)5-19(22)30)36-11-25(12-36)7-16(8-25)24-35-34-23-10-37(26(13-40-14-26)27(31,32)33)9-15-4-17(28)2-3-20(15)38(23)24/h2-6,16H,7-14H2,1H3. The Bertz CT molecular complexity index is 1490. The molecule has 3 aromatic rings. The molecule has 13 heteroatoms. The van der Waals surface area contributed by atoms with Gasteiger partial charge in [-0.2, -0.15) is 13.2 Å². The van der Waals surface area contributed by atoms with Crippen LogP contribution in [0.4, 0.5) is 27.6 Å². The van der Waals surface area contributed by atoms with Gasteiger partial charge in [-0.05, 0) is 36.6 Å². The third-order valence-corrected chi connectivity index (χ3v) is 9.12. The average molecular weight is 582 g/mol. The van der Waals surface area contributed by atoms with Crippen LogP contribution in [0.2, 0.25) is 5.02 Å². The molecule has 1 aliphatic carbocycles. The van der Waals surface area contributed by atoms with Gasteiger partial charge < -0.3 is 14.4 Å². The first kappa shape index (κ1) is 26.0. The molecule has 3 aliphatic heterocycles. The molecule has 4 aliphatic rings. The first-order valence-electron chi connectivity index (χ1n) is 12.9. The first-order chi connectivity index (χ1) is 19.0. The summed E-state index contributed by atoms with van der Waals surface area (Å²) in [5, 5.41) is 9.26. The fraction of sp³-hybridized carbons (Fsp3) is 0.481. The maximum Gasteiger partial charge on any atom is 0.411 e. The van der Waals surface area contributed by atoms with E-state index in [1.165, 1.54) is 18.1 Å². The van der Waals surface area contributed by atoms with Gasteiger partial charge in [0.25, 0.3) is 0 Å². The highest BCUT2D eigenvalue weighted by Crippen LogP contribution is 2.57. The van der Waals surface area contributed by atoms with E-state index in [1.54, 1.807) is 18.2 Å². The van der Waals surface area contributed by atoms with Crippen molar-refractivity contribution in [3.05, 3.63) is 64.2 Å². The van der Waals surface area contributed by atoms with Crippen molar-refractivity contribution >= 4 is 17.3 Å². The number of methoxy groups -OCH3 is 1.